The minimum absolute atomic E-state index is 0.00705. The van der Waals surface area contributed by atoms with Crippen molar-refractivity contribution in [2.45, 2.75) is 25.3 Å². The maximum Gasteiger partial charge on any atom is 0.342 e. The van der Waals surface area contributed by atoms with E-state index in [1.165, 1.54) is 22.5 Å². The van der Waals surface area contributed by atoms with Gasteiger partial charge in [-0.15, -0.1) is 0 Å². The molecule has 0 bridgehead atoms. The zero-order valence-corrected chi connectivity index (χ0v) is 21.5. The summed E-state index contributed by atoms with van der Waals surface area (Å²) in [4.78, 5) is 25.1. The number of carbonyl (C=O) groups is 2. The highest BCUT2D eigenvalue weighted by Gasteiger charge is 2.23. The molecule has 0 aromatic heterocycles. The van der Waals surface area contributed by atoms with E-state index in [0.717, 1.165) is 5.56 Å². The maximum atomic E-state index is 12.8. The molecule has 36 heavy (non-hydrogen) atoms. The number of hydrogen-bond acceptors (Lipinski definition) is 6. The number of halogens is 1. The van der Waals surface area contributed by atoms with Gasteiger partial charge in [-0.3, -0.25) is 4.79 Å². The zero-order chi connectivity index (χ0) is 26.1. The molecule has 0 radical (unpaired) electrons. The quantitative estimate of drug-likeness (QED) is 0.359. The van der Waals surface area contributed by atoms with Crippen molar-refractivity contribution in [1.29, 1.82) is 0 Å². The predicted molar refractivity (Wildman–Crippen MR) is 138 cm³/mol. The third kappa shape index (κ3) is 6.84. The van der Waals surface area contributed by atoms with Gasteiger partial charge in [0.2, 0.25) is 10.0 Å². The van der Waals surface area contributed by atoms with Gasteiger partial charge in [0.05, 0.1) is 15.6 Å². The molecule has 190 valence electrons. The van der Waals surface area contributed by atoms with Crippen molar-refractivity contribution in [3.05, 3.63) is 88.9 Å². The van der Waals surface area contributed by atoms with Gasteiger partial charge in [0.25, 0.3) is 5.91 Å². The Morgan fingerprint density at radius 1 is 0.944 bits per heavy atom. The Morgan fingerprint density at radius 3 is 2.31 bits per heavy atom. The van der Waals surface area contributed by atoms with Crippen molar-refractivity contribution in [3.8, 4) is 5.75 Å². The van der Waals surface area contributed by atoms with Gasteiger partial charge >= 0.3 is 5.97 Å². The summed E-state index contributed by atoms with van der Waals surface area (Å²) in [6.07, 6.45) is 0. The highest BCUT2D eigenvalue weighted by atomic mass is 35.5. The summed E-state index contributed by atoms with van der Waals surface area (Å²) in [5.74, 6) is -1.09. The van der Waals surface area contributed by atoms with Crippen LogP contribution in [0.25, 0.3) is 0 Å². The summed E-state index contributed by atoms with van der Waals surface area (Å²) in [6, 6.07) is 20.1. The number of ether oxygens (including phenoxy) is 2. The first kappa shape index (κ1) is 27.2. The average Bonchev–Trinajstić information content (AvgIpc) is 2.88. The summed E-state index contributed by atoms with van der Waals surface area (Å²) >= 11 is 6.15. The van der Waals surface area contributed by atoms with Gasteiger partial charge < -0.3 is 14.8 Å². The SMILES string of the molecule is CCN(CC)S(=O)(=O)c1ccc(Cl)c(NC(=O)COC(=O)c2ccccc2OCc2ccccc2)c1. The number of carbonyl (C=O) groups excluding carboxylic acids is 2. The first-order valence-corrected chi connectivity index (χ1v) is 13.1. The largest absolute Gasteiger partial charge is 0.488 e. The number of rotatable bonds is 11. The fourth-order valence-corrected chi connectivity index (χ4v) is 5.01. The lowest BCUT2D eigenvalue weighted by atomic mass is 10.2. The first-order chi connectivity index (χ1) is 17.3. The second kappa shape index (κ2) is 12.5. The van der Waals surface area contributed by atoms with Gasteiger partial charge in [-0.2, -0.15) is 4.31 Å². The fourth-order valence-electron chi connectivity index (χ4n) is 3.36. The molecule has 3 aromatic carbocycles. The third-order valence-corrected chi connectivity index (χ3v) is 7.61. The summed E-state index contributed by atoms with van der Waals surface area (Å²) in [6.45, 7) is 3.73. The second-order valence-electron chi connectivity index (χ2n) is 7.63. The molecular formula is C26H27ClN2O6S. The molecule has 10 heteroatoms. The standard InChI is InChI=1S/C26H27ClN2O6S/c1-3-29(4-2)36(32,33)20-14-15-22(27)23(16-20)28-25(30)18-35-26(31)21-12-8-9-13-24(21)34-17-19-10-6-5-7-11-19/h5-16H,3-4,17-18H2,1-2H3,(H,28,30). The number of amides is 1. The molecule has 0 saturated carbocycles. The van der Waals surface area contributed by atoms with Crippen molar-refractivity contribution >= 4 is 39.2 Å². The molecular weight excluding hydrogens is 504 g/mol. The summed E-state index contributed by atoms with van der Waals surface area (Å²) in [5.41, 5.74) is 1.20. The molecule has 1 N–H and O–H groups in total. The molecule has 1 amide bonds. The number of anilines is 1. The molecule has 3 aromatic rings. The van der Waals surface area contributed by atoms with E-state index < -0.39 is 28.5 Å². The number of nitrogens with zero attached hydrogens (tertiary/aromatic N) is 1. The fraction of sp³-hybridized carbons (Fsp3) is 0.231. The van der Waals surface area contributed by atoms with Crippen molar-refractivity contribution < 1.29 is 27.5 Å². The lowest BCUT2D eigenvalue weighted by Crippen LogP contribution is -2.30. The van der Waals surface area contributed by atoms with Crippen LogP contribution >= 0.6 is 11.6 Å². The molecule has 0 aliphatic carbocycles. The molecule has 0 aliphatic heterocycles. The van der Waals surface area contributed by atoms with Crippen LogP contribution in [-0.4, -0.2) is 44.3 Å². The molecule has 0 spiro atoms. The van der Waals surface area contributed by atoms with Crippen LogP contribution in [0.3, 0.4) is 0 Å². The Kier molecular flexibility index (Phi) is 9.46. The van der Waals surface area contributed by atoms with Gasteiger partial charge in [-0.1, -0.05) is 67.9 Å². The van der Waals surface area contributed by atoms with Crippen LogP contribution in [-0.2, 0) is 26.2 Å². The van der Waals surface area contributed by atoms with Gasteiger partial charge in [-0.05, 0) is 35.9 Å². The second-order valence-corrected chi connectivity index (χ2v) is 9.97. The number of sulfonamides is 1. The Balaban J connectivity index is 1.64. The Hall–Kier alpha value is -3.40. The van der Waals surface area contributed by atoms with E-state index in [2.05, 4.69) is 5.32 Å². The Labute approximate surface area is 215 Å². The average molecular weight is 531 g/mol. The van der Waals surface area contributed by atoms with Crippen molar-refractivity contribution in [3.63, 3.8) is 0 Å². The lowest BCUT2D eigenvalue weighted by Gasteiger charge is -2.19. The highest BCUT2D eigenvalue weighted by Crippen LogP contribution is 2.27. The minimum Gasteiger partial charge on any atom is -0.488 e. The molecule has 0 aliphatic rings. The third-order valence-electron chi connectivity index (χ3n) is 5.23. The van der Waals surface area contributed by atoms with E-state index in [4.69, 9.17) is 21.1 Å². The molecule has 8 nitrogen and oxygen atoms in total. The zero-order valence-electron chi connectivity index (χ0n) is 19.9. The van der Waals surface area contributed by atoms with Crippen LogP contribution in [0, 0.1) is 0 Å². The van der Waals surface area contributed by atoms with E-state index in [1.54, 1.807) is 38.1 Å². The molecule has 0 heterocycles. The van der Waals surface area contributed by atoms with Crippen LogP contribution in [0.1, 0.15) is 29.8 Å². The molecule has 0 saturated heterocycles. The van der Waals surface area contributed by atoms with Crippen LogP contribution in [0.4, 0.5) is 5.69 Å². The number of nitrogens with one attached hydrogen (secondary N) is 1. The Bertz CT molecular complexity index is 1310. The van der Waals surface area contributed by atoms with E-state index in [1.807, 2.05) is 30.3 Å². The first-order valence-electron chi connectivity index (χ1n) is 11.3. The van der Waals surface area contributed by atoms with Gasteiger partial charge in [0.15, 0.2) is 6.61 Å². The number of hydrogen-bond donors (Lipinski definition) is 1. The van der Waals surface area contributed by atoms with Crippen LogP contribution in [0.15, 0.2) is 77.7 Å². The molecule has 0 atom stereocenters. The van der Waals surface area contributed by atoms with Crippen molar-refractivity contribution in [1.82, 2.24) is 4.31 Å². The number of esters is 1. The molecule has 3 rings (SSSR count). The van der Waals surface area contributed by atoms with E-state index in [9.17, 15) is 18.0 Å². The lowest BCUT2D eigenvalue weighted by molar-refractivity contribution is -0.119. The van der Waals surface area contributed by atoms with E-state index in [-0.39, 0.29) is 27.8 Å². The highest BCUT2D eigenvalue weighted by molar-refractivity contribution is 7.89. The Morgan fingerprint density at radius 2 is 1.61 bits per heavy atom. The van der Waals surface area contributed by atoms with Crippen LogP contribution in [0.2, 0.25) is 5.02 Å². The van der Waals surface area contributed by atoms with Crippen LogP contribution < -0.4 is 10.1 Å². The summed E-state index contributed by atoms with van der Waals surface area (Å²) in [5, 5.41) is 2.65. The monoisotopic (exact) mass is 530 g/mol. The van der Waals surface area contributed by atoms with Crippen LogP contribution in [0.5, 0.6) is 5.75 Å². The summed E-state index contributed by atoms with van der Waals surface area (Å²) < 4.78 is 37.8. The summed E-state index contributed by atoms with van der Waals surface area (Å²) in [7, 11) is -3.74. The van der Waals surface area contributed by atoms with Crippen molar-refractivity contribution in [2.24, 2.45) is 0 Å². The normalized spacial score (nSPS) is 11.2. The van der Waals surface area contributed by atoms with Gasteiger partial charge in [0, 0.05) is 13.1 Å². The topological polar surface area (TPSA) is 102 Å². The smallest absolute Gasteiger partial charge is 0.342 e. The predicted octanol–water partition coefficient (Wildman–Crippen LogP) is 4.75. The van der Waals surface area contributed by atoms with E-state index in [0.29, 0.717) is 18.8 Å². The van der Waals surface area contributed by atoms with E-state index >= 15 is 0 Å². The van der Waals surface area contributed by atoms with Gasteiger partial charge in [-0.25, -0.2) is 13.2 Å². The molecule has 0 unspecified atom stereocenters. The minimum atomic E-state index is -3.74. The van der Waals surface area contributed by atoms with Crippen molar-refractivity contribution in [2.75, 3.05) is 25.0 Å². The number of para-hydroxylation sites is 1. The maximum absolute atomic E-state index is 12.8. The number of benzene rings is 3. The molecule has 0 fully saturated rings. The van der Waals surface area contributed by atoms with Gasteiger partial charge in [0.1, 0.15) is 17.9 Å².